The summed E-state index contributed by atoms with van der Waals surface area (Å²) >= 11 is 5.89. The van der Waals surface area contributed by atoms with Gasteiger partial charge in [0.25, 0.3) is 0 Å². The Bertz CT molecular complexity index is 853. The van der Waals surface area contributed by atoms with Gasteiger partial charge in [-0.3, -0.25) is 0 Å². The molecule has 0 spiro atoms. The van der Waals surface area contributed by atoms with Crippen molar-refractivity contribution in [3.8, 4) is 5.75 Å². The number of nitrogens with one attached hydrogen (secondary N) is 2. The Balaban J connectivity index is 1.55. The van der Waals surface area contributed by atoms with Crippen LogP contribution in [-0.4, -0.2) is 21.7 Å². The number of hydrogen-bond acceptors (Lipinski definition) is 6. The van der Waals surface area contributed by atoms with Crippen molar-refractivity contribution in [2.24, 2.45) is 5.92 Å². The monoisotopic (exact) mass is 383 g/mol. The summed E-state index contributed by atoms with van der Waals surface area (Å²) in [4.78, 5) is 4.41. The van der Waals surface area contributed by atoms with Gasteiger partial charge in [0.15, 0.2) is 5.82 Å². The Labute approximate surface area is 164 Å². The summed E-state index contributed by atoms with van der Waals surface area (Å²) in [6, 6.07) is 15.2. The van der Waals surface area contributed by atoms with E-state index in [-0.39, 0.29) is 0 Å². The lowest BCUT2D eigenvalue weighted by atomic mass is 10.2. The molecule has 27 heavy (non-hydrogen) atoms. The van der Waals surface area contributed by atoms with E-state index in [9.17, 15) is 0 Å². The summed E-state index contributed by atoms with van der Waals surface area (Å²) in [5.74, 6) is 2.45. The minimum absolute atomic E-state index is 0.443. The minimum atomic E-state index is 0.443. The van der Waals surface area contributed by atoms with Crippen molar-refractivity contribution in [2.45, 2.75) is 20.5 Å². The Kier molecular flexibility index (Phi) is 6.44. The van der Waals surface area contributed by atoms with Crippen molar-refractivity contribution in [3.05, 3.63) is 65.3 Å². The summed E-state index contributed by atoms with van der Waals surface area (Å²) in [6.45, 7) is 5.59. The van der Waals surface area contributed by atoms with Crippen LogP contribution in [0.15, 0.2) is 54.7 Å². The average molecular weight is 384 g/mol. The first kappa shape index (κ1) is 18.9. The zero-order valence-electron chi connectivity index (χ0n) is 15.3. The van der Waals surface area contributed by atoms with E-state index in [1.165, 1.54) is 0 Å². The van der Waals surface area contributed by atoms with Gasteiger partial charge >= 0.3 is 0 Å². The first-order valence-electron chi connectivity index (χ1n) is 8.76. The molecule has 0 bridgehead atoms. The highest BCUT2D eigenvalue weighted by atomic mass is 35.5. The van der Waals surface area contributed by atoms with Crippen LogP contribution in [0, 0.1) is 5.92 Å². The number of aromatic nitrogens is 3. The van der Waals surface area contributed by atoms with E-state index in [1.807, 2.05) is 48.5 Å². The van der Waals surface area contributed by atoms with E-state index in [0.717, 1.165) is 28.6 Å². The van der Waals surface area contributed by atoms with Crippen LogP contribution < -0.4 is 15.4 Å². The summed E-state index contributed by atoms with van der Waals surface area (Å²) in [5.41, 5.74) is 1.92. The van der Waals surface area contributed by atoms with Crippen LogP contribution in [0.3, 0.4) is 0 Å². The van der Waals surface area contributed by atoms with Crippen molar-refractivity contribution in [1.82, 2.24) is 15.2 Å². The van der Waals surface area contributed by atoms with E-state index in [1.54, 1.807) is 6.20 Å². The van der Waals surface area contributed by atoms with E-state index in [2.05, 4.69) is 39.7 Å². The standard InChI is InChI=1S/C20H22ClN5O/c1-14(2)11-22-19-12-23-26-20(25-19)24-17-7-9-18(10-8-17)27-13-15-3-5-16(21)6-4-15/h3-10,12,14H,11,13H2,1-2H3,(H2,22,24,25,26). The molecule has 0 radical (unpaired) electrons. The number of hydrogen-bond donors (Lipinski definition) is 2. The number of rotatable bonds is 8. The predicted molar refractivity (Wildman–Crippen MR) is 109 cm³/mol. The molecule has 0 amide bonds. The molecule has 0 unspecified atom stereocenters. The molecule has 0 fully saturated rings. The molecule has 0 atom stereocenters. The molecule has 2 aromatic carbocycles. The van der Waals surface area contributed by atoms with Crippen molar-refractivity contribution in [3.63, 3.8) is 0 Å². The number of nitrogens with zero attached hydrogens (tertiary/aromatic N) is 3. The normalized spacial score (nSPS) is 10.7. The molecule has 2 N–H and O–H groups in total. The maximum Gasteiger partial charge on any atom is 0.249 e. The van der Waals surface area contributed by atoms with E-state index < -0.39 is 0 Å². The smallest absolute Gasteiger partial charge is 0.249 e. The number of benzene rings is 2. The van der Waals surface area contributed by atoms with Crippen molar-refractivity contribution >= 4 is 29.1 Å². The topological polar surface area (TPSA) is 72.0 Å². The van der Waals surface area contributed by atoms with Crippen LogP contribution >= 0.6 is 11.6 Å². The van der Waals surface area contributed by atoms with Gasteiger partial charge in [-0.25, -0.2) is 0 Å². The third kappa shape index (κ3) is 6.11. The van der Waals surface area contributed by atoms with Crippen LogP contribution in [0.2, 0.25) is 5.02 Å². The number of anilines is 3. The molecule has 0 aliphatic carbocycles. The second kappa shape index (κ2) is 9.19. The third-order valence-electron chi connectivity index (χ3n) is 3.68. The Morgan fingerprint density at radius 1 is 1.04 bits per heavy atom. The predicted octanol–water partition coefficient (Wildman–Crippen LogP) is 4.92. The molecule has 1 heterocycles. The number of ether oxygens (including phenoxy) is 1. The molecule has 7 heteroatoms. The molecule has 0 saturated heterocycles. The summed E-state index contributed by atoms with van der Waals surface area (Å²) in [6.07, 6.45) is 1.61. The quantitative estimate of drug-likeness (QED) is 0.575. The fraction of sp³-hybridized carbons (Fsp3) is 0.250. The van der Waals surface area contributed by atoms with Gasteiger partial charge < -0.3 is 15.4 Å². The largest absolute Gasteiger partial charge is 0.489 e. The molecule has 0 saturated carbocycles. The molecule has 140 valence electrons. The lowest BCUT2D eigenvalue weighted by molar-refractivity contribution is 0.306. The van der Waals surface area contributed by atoms with E-state index >= 15 is 0 Å². The second-order valence-corrected chi connectivity index (χ2v) is 6.94. The fourth-order valence-electron chi connectivity index (χ4n) is 2.26. The van der Waals surface area contributed by atoms with Gasteiger partial charge in [0.1, 0.15) is 12.4 Å². The first-order chi connectivity index (χ1) is 13.1. The SMILES string of the molecule is CC(C)CNc1cnnc(Nc2ccc(OCc3ccc(Cl)cc3)cc2)n1. The zero-order valence-corrected chi connectivity index (χ0v) is 16.1. The first-order valence-corrected chi connectivity index (χ1v) is 9.14. The summed E-state index contributed by atoms with van der Waals surface area (Å²) in [7, 11) is 0. The van der Waals surface area contributed by atoms with Crippen molar-refractivity contribution in [2.75, 3.05) is 17.2 Å². The maximum absolute atomic E-state index is 5.89. The Hall–Kier alpha value is -2.86. The van der Waals surface area contributed by atoms with E-state index in [4.69, 9.17) is 16.3 Å². The van der Waals surface area contributed by atoms with Crippen LogP contribution in [-0.2, 0) is 6.61 Å². The van der Waals surface area contributed by atoms with Crippen LogP contribution in [0.1, 0.15) is 19.4 Å². The number of halogens is 1. The van der Waals surface area contributed by atoms with Gasteiger partial charge in [-0.05, 0) is 47.9 Å². The molecular formula is C20H22ClN5O. The van der Waals surface area contributed by atoms with Gasteiger partial charge in [-0.1, -0.05) is 37.6 Å². The van der Waals surface area contributed by atoms with Gasteiger partial charge in [-0.15, -0.1) is 5.10 Å². The van der Waals surface area contributed by atoms with Gasteiger partial charge in [-0.2, -0.15) is 10.1 Å². The fourth-order valence-corrected chi connectivity index (χ4v) is 2.39. The molecule has 3 rings (SSSR count). The minimum Gasteiger partial charge on any atom is -0.489 e. The zero-order chi connectivity index (χ0) is 19.1. The highest BCUT2D eigenvalue weighted by Crippen LogP contribution is 2.20. The maximum atomic E-state index is 5.89. The molecule has 1 aromatic heterocycles. The van der Waals surface area contributed by atoms with Gasteiger partial charge in [0.05, 0.1) is 6.20 Å². The third-order valence-corrected chi connectivity index (χ3v) is 3.93. The van der Waals surface area contributed by atoms with Crippen molar-refractivity contribution in [1.29, 1.82) is 0 Å². The highest BCUT2D eigenvalue weighted by Gasteiger charge is 2.03. The van der Waals surface area contributed by atoms with Crippen molar-refractivity contribution < 1.29 is 4.74 Å². The van der Waals surface area contributed by atoms with Gasteiger partial charge in [0, 0.05) is 17.3 Å². The molecular weight excluding hydrogens is 362 g/mol. The molecule has 0 aliphatic rings. The Morgan fingerprint density at radius 2 is 1.78 bits per heavy atom. The lowest BCUT2D eigenvalue weighted by Crippen LogP contribution is -2.10. The summed E-state index contributed by atoms with van der Waals surface area (Å²) < 4.78 is 5.79. The molecule has 3 aromatic rings. The van der Waals surface area contributed by atoms with E-state index in [0.29, 0.717) is 24.3 Å². The summed E-state index contributed by atoms with van der Waals surface area (Å²) in [5, 5.41) is 15.1. The average Bonchev–Trinajstić information content (AvgIpc) is 2.67. The van der Waals surface area contributed by atoms with Crippen LogP contribution in [0.5, 0.6) is 5.75 Å². The highest BCUT2D eigenvalue weighted by molar-refractivity contribution is 6.30. The molecule has 0 aliphatic heterocycles. The van der Waals surface area contributed by atoms with Crippen LogP contribution in [0.4, 0.5) is 17.5 Å². The lowest BCUT2D eigenvalue weighted by Gasteiger charge is -2.10. The van der Waals surface area contributed by atoms with Gasteiger partial charge in [0.2, 0.25) is 5.95 Å². The van der Waals surface area contributed by atoms with Crippen LogP contribution in [0.25, 0.3) is 0 Å². The Morgan fingerprint density at radius 3 is 2.48 bits per heavy atom. The second-order valence-electron chi connectivity index (χ2n) is 6.50. The molecule has 6 nitrogen and oxygen atoms in total.